The Morgan fingerprint density at radius 3 is 2.81 bits per heavy atom. The first-order valence-electron chi connectivity index (χ1n) is 7.99. The number of nitro groups is 1. The molecule has 0 saturated heterocycles. The molecule has 1 unspecified atom stereocenters. The number of nitrogens with zero attached hydrogens (tertiary/aromatic N) is 1. The Bertz CT molecular complexity index is 799. The van der Waals surface area contributed by atoms with E-state index in [1.165, 1.54) is 30.5 Å². The van der Waals surface area contributed by atoms with Gasteiger partial charge in [0.2, 0.25) is 11.8 Å². The van der Waals surface area contributed by atoms with Crippen LogP contribution in [0.3, 0.4) is 0 Å². The molecule has 0 saturated carbocycles. The van der Waals surface area contributed by atoms with Gasteiger partial charge in [-0.15, -0.1) is 0 Å². The number of rotatable bonds is 8. The van der Waals surface area contributed by atoms with Crippen LogP contribution in [0, 0.1) is 10.1 Å². The van der Waals surface area contributed by atoms with Crippen LogP contribution in [0.5, 0.6) is 0 Å². The Balaban J connectivity index is 1.75. The molecule has 0 spiro atoms. The molecule has 2 amide bonds. The monoisotopic (exact) mass is 357 g/mol. The molecule has 1 heterocycles. The highest BCUT2D eigenvalue weighted by atomic mass is 16.6. The van der Waals surface area contributed by atoms with Crippen LogP contribution in [0.1, 0.15) is 30.7 Å². The van der Waals surface area contributed by atoms with Gasteiger partial charge in [-0.3, -0.25) is 19.7 Å². The molecule has 0 aliphatic carbocycles. The molecule has 8 heteroatoms. The fourth-order valence-electron chi connectivity index (χ4n) is 2.21. The van der Waals surface area contributed by atoms with Gasteiger partial charge >= 0.3 is 0 Å². The molecular weight excluding hydrogens is 338 g/mol. The van der Waals surface area contributed by atoms with Gasteiger partial charge in [-0.1, -0.05) is 12.1 Å². The average Bonchev–Trinajstić information content (AvgIpc) is 3.13. The van der Waals surface area contributed by atoms with Gasteiger partial charge in [0.05, 0.1) is 17.2 Å². The van der Waals surface area contributed by atoms with Gasteiger partial charge in [0.1, 0.15) is 5.76 Å². The van der Waals surface area contributed by atoms with E-state index in [0.29, 0.717) is 11.3 Å². The minimum absolute atomic E-state index is 0.0285. The minimum atomic E-state index is -0.482. The van der Waals surface area contributed by atoms with E-state index in [4.69, 9.17) is 4.42 Å². The van der Waals surface area contributed by atoms with E-state index in [1.54, 1.807) is 31.2 Å². The van der Waals surface area contributed by atoms with E-state index in [-0.39, 0.29) is 36.5 Å². The van der Waals surface area contributed by atoms with Crippen LogP contribution in [0.4, 0.5) is 5.69 Å². The molecule has 1 aromatic carbocycles. The van der Waals surface area contributed by atoms with Crippen LogP contribution >= 0.6 is 0 Å². The summed E-state index contributed by atoms with van der Waals surface area (Å²) >= 11 is 0. The molecule has 1 atom stereocenters. The Hall–Kier alpha value is -3.42. The Labute approximate surface area is 150 Å². The maximum absolute atomic E-state index is 11.9. The van der Waals surface area contributed by atoms with Crippen LogP contribution in [0.2, 0.25) is 0 Å². The van der Waals surface area contributed by atoms with E-state index < -0.39 is 4.92 Å². The summed E-state index contributed by atoms with van der Waals surface area (Å²) in [7, 11) is 0. The zero-order chi connectivity index (χ0) is 18.9. The summed E-state index contributed by atoms with van der Waals surface area (Å²) in [4.78, 5) is 33.9. The molecule has 0 radical (unpaired) electrons. The molecule has 1 aromatic heterocycles. The lowest BCUT2D eigenvalue weighted by molar-refractivity contribution is -0.384. The van der Waals surface area contributed by atoms with Gasteiger partial charge in [0.15, 0.2) is 0 Å². The van der Waals surface area contributed by atoms with Gasteiger partial charge in [-0.25, -0.2) is 0 Å². The number of nitro benzene ring substituents is 1. The molecule has 26 heavy (non-hydrogen) atoms. The first-order chi connectivity index (χ1) is 12.5. The summed E-state index contributed by atoms with van der Waals surface area (Å²) in [6, 6.07) is 9.14. The predicted molar refractivity (Wildman–Crippen MR) is 95.0 cm³/mol. The predicted octanol–water partition coefficient (Wildman–Crippen LogP) is 2.58. The fourth-order valence-corrected chi connectivity index (χ4v) is 2.21. The molecule has 2 N–H and O–H groups in total. The van der Waals surface area contributed by atoms with Crippen LogP contribution in [0.25, 0.3) is 6.08 Å². The van der Waals surface area contributed by atoms with Crippen molar-refractivity contribution in [3.8, 4) is 0 Å². The molecular formula is C18H19N3O5. The lowest BCUT2D eigenvalue weighted by Crippen LogP contribution is -2.31. The van der Waals surface area contributed by atoms with Gasteiger partial charge in [-0.2, -0.15) is 0 Å². The number of amides is 2. The second-order valence-corrected chi connectivity index (χ2v) is 5.53. The van der Waals surface area contributed by atoms with Crippen molar-refractivity contribution < 1.29 is 18.9 Å². The number of non-ortho nitro benzene ring substituents is 1. The summed E-state index contributed by atoms with van der Waals surface area (Å²) < 4.78 is 5.06. The number of nitrogens with one attached hydrogen (secondary N) is 2. The summed E-state index contributed by atoms with van der Waals surface area (Å²) in [5.41, 5.74) is 0.608. The molecule has 2 rings (SSSR count). The second kappa shape index (κ2) is 9.16. The van der Waals surface area contributed by atoms with Crippen molar-refractivity contribution in [3.05, 3.63) is 70.2 Å². The van der Waals surface area contributed by atoms with Crippen molar-refractivity contribution in [1.29, 1.82) is 0 Å². The molecule has 8 nitrogen and oxygen atoms in total. The van der Waals surface area contributed by atoms with Gasteiger partial charge in [0.25, 0.3) is 5.69 Å². The summed E-state index contributed by atoms with van der Waals surface area (Å²) in [6.45, 7) is 1.91. The topological polar surface area (TPSA) is 114 Å². The summed E-state index contributed by atoms with van der Waals surface area (Å²) in [5, 5.41) is 16.1. The largest absolute Gasteiger partial charge is 0.465 e. The van der Waals surface area contributed by atoms with Crippen LogP contribution in [-0.2, 0) is 9.59 Å². The van der Waals surface area contributed by atoms with Crippen LogP contribution in [-0.4, -0.2) is 23.3 Å². The third-order valence-electron chi connectivity index (χ3n) is 3.55. The standard InChI is InChI=1S/C18H19N3O5/c1-13(14-4-2-5-15(12-14)21(24)25)20-18(23)9-10-19-17(22)8-7-16-6-3-11-26-16/h2-8,11-13H,9-10H2,1H3,(H,19,22)(H,20,23)/b8-7+. The van der Waals surface area contributed by atoms with E-state index in [9.17, 15) is 19.7 Å². The lowest BCUT2D eigenvalue weighted by Gasteiger charge is -2.14. The molecule has 0 fully saturated rings. The van der Waals surface area contributed by atoms with Crippen LogP contribution in [0.15, 0.2) is 53.2 Å². The Morgan fingerprint density at radius 1 is 1.31 bits per heavy atom. The molecule has 0 bridgehead atoms. The number of hydrogen-bond acceptors (Lipinski definition) is 5. The van der Waals surface area contributed by atoms with Crippen molar-refractivity contribution in [2.45, 2.75) is 19.4 Å². The average molecular weight is 357 g/mol. The SMILES string of the molecule is CC(NC(=O)CCNC(=O)/C=C/c1ccco1)c1cccc([N+](=O)[O-])c1. The number of furan rings is 1. The van der Waals surface area contributed by atoms with Gasteiger partial charge in [0, 0.05) is 31.2 Å². The molecule has 2 aromatic rings. The fraction of sp³-hybridized carbons (Fsp3) is 0.222. The molecule has 0 aliphatic rings. The third kappa shape index (κ3) is 5.90. The van der Waals surface area contributed by atoms with Gasteiger partial charge in [-0.05, 0) is 30.7 Å². The maximum atomic E-state index is 11.9. The third-order valence-corrected chi connectivity index (χ3v) is 3.55. The Morgan fingerprint density at radius 2 is 2.12 bits per heavy atom. The number of hydrogen-bond donors (Lipinski definition) is 2. The molecule has 136 valence electrons. The summed E-state index contributed by atoms with van der Waals surface area (Å²) in [6.07, 6.45) is 4.45. The first kappa shape index (κ1) is 18.9. The smallest absolute Gasteiger partial charge is 0.269 e. The highest BCUT2D eigenvalue weighted by molar-refractivity contribution is 5.91. The summed E-state index contributed by atoms with van der Waals surface area (Å²) in [5.74, 6) is -0.0380. The van der Waals surface area contributed by atoms with Crippen molar-refractivity contribution in [2.24, 2.45) is 0 Å². The minimum Gasteiger partial charge on any atom is -0.465 e. The number of carbonyl (C=O) groups excluding carboxylic acids is 2. The second-order valence-electron chi connectivity index (χ2n) is 5.53. The van der Waals surface area contributed by atoms with Crippen LogP contribution < -0.4 is 10.6 Å². The highest BCUT2D eigenvalue weighted by Gasteiger charge is 2.13. The zero-order valence-electron chi connectivity index (χ0n) is 14.2. The van der Waals surface area contributed by atoms with E-state index >= 15 is 0 Å². The van der Waals surface area contributed by atoms with E-state index in [0.717, 1.165) is 0 Å². The maximum Gasteiger partial charge on any atom is 0.269 e. The van der Waals surface area contributed by atoms with Gasteiger partial charge < -0.3 is 15.1 Å². The lowest BCUT2D eigenvalue weighted by atomic mass is 10.1. The van der Waals surface area contributed by atoms with E-state index in [1.807, 2.05) is 0 Å². The first-order valence-corrected chi connectivity index (χ1v) is 7.99. The van der Waals surface area contributed by atoms with Crippen molar-refractivity contribution in [1.82, 2.24) is 10.6 Å². The molecule has 0 aliphatic heterocycles. The van der Waals surface area contributed by atoms with Crippen molar-refractivity contribution >= 4 is 23.6 Å². The normalized spacial score (nSPS) is 11.9. The van der Waals surface area contributed by atoms with E-state index in [2.05, 4.69) is 10.6 Å². The van der Waals surface area contributed by atoms with Crippen molar-refractivity contribution in [3.63, 3.8) is 0 Å². The number of benzene rings is 1. The zero-order valence-corrected chi connectivity index (χ0v) is 14.2. The van der Waals surface area contributed by atoms with Crippen molar-refractivity contribution in [2.75, 3.05) is 6.54 Å². The Kier molecular flexibility index (Phi) is 6.67. The number of carbonyl (C=O) groups is 2. The quantitative estimate of drug-likeness (QED) is 0.428. The highest BCUT2D eigenvalue weighted by Crippen LogP contribution is 2.18.